The summed E-state index contributed by atoms with van der Waals surface area (Å²) in [4.78, 5) is 52.5. The van der Waals surface area contributed by atoms with Crippen molar-refractivity contribution in [1.29, 1.82) is 0 Å². The predicted octanol–water partition coefficient (Wildman–Crippen LogP) is 7.55. The molecule has 19 heteroatoms. The van der Waals surface area contributed by atoms with Gasteiger partial charge in [0.2, 0.25) is 0 Å². The summed E-state index contributed by atoms with van der Waals surface area (Å²) in [5.74, 6) is -1.03. The van der Waals surface area contributed by atoms with Gasteiger partial charge in [-0.05, 0) is 58.9 Å². The molecule has 0 amide bonds. The number of fused-ring (bicyclic) bond motifs is 2. The number of pyridine rings is 4. The summed E-state index contributed by atoms with van der Waals surface area (Å²) < 4.78 is 96.5. The van der Waals surface area contributed by atoms with Gasteiger partial charge in [0.15, 0.2) is 17.3 Å². The number of ketones is 2. The van der Waals surface area contributed by atoms with Crippen LogP contribution in [0.15, 0.2) is 73.3 Å². The molecule has 0 aromatic carbocycles. The third-order valence-corrected chi connectivity index (χ3v) is 8.33. The van der Waals surface area contributed by atoms with Crippen molar-refractivity contribution in [2.24, 2.45) is 0 Å². The highest BCUT2D eigenvalue weighted by Gasteiger charge is 2.34. The van der Waals surface area contributed by atoms with Gasteiger partial charge in [0.1, 0.15) is 51.2 Å². The average Bonchev–Trinajstić information content (AvgIpc) is 3.79. The Morgan fingerprint density at radius 1 is 0.610 bits per heavy atom. The Hall–Kier alpha value is -6.37. The molecule has 0 unspecified atom stereocenters. The molecule has 6 rings (SSSR count). The van der Waals surface area contributed by atoms with E-state index in [4.69, 9.17) is 14.2 Å². The number of alkyl halides is 6. The van der Waals surface area contributed by atoms with E-state index in [9.17, 15) is 45.8 Å². The highest BCUT2D eigenvalue weighted by molar-refractivity contribution is 5.97. The van der Waals surface area contributed by atoms with Gasteiger partial charge in [-0.25, -0.2) is 24.7 Å². The van der Waals surface area contributed by atoms with Gasteiger partial charge in [-0.2, -0.15) is 26.3 Å². The maximum absolute atomic E-state index is 12.9. The van der Waals surface area contributed by atoms with Crippen molar-refractivity contribution in [1.82, 2.24) is 28.7 Å². The number of aliphatic hydroxyl groups is 1. The molecule has 0 atom stereocenters. The smallest absolute Gasteiger partial charge is 0.433 e. The number of Topliss-reactive ketones (excluding diaryl/α,β-unsaturated/α-hetero) is 2. The zero-order valence-electron chi connectivity index (χ0n) is 32.3. The van der Waals surface area contributed by atoms with E-state index in [1.807, 2.05) is 0 Å². The van der Waals surface area contributed by atoms with E-state index in [0.717, 1.165) is 24.3 Å². The van der Waals surface area contributed by atoms with E-state index in [-0.39, 0.29) is 36.5 Å². The summed E-state index contributed by atoms with van der Waals surface area (Å²) in [6.45, 7) is 9.22. The van der Waals surface area contributed by atoms with Crippen LogP contribution in [-0.4, -0.2) is 71.2 Å². The molecule has 0 spiro atoms. The number of esters is 1. The Balaban J connectivity index is 0.000000224. The first-order valence-corrected chi connectivity index (χ1v) is 18.1. The summed E-state index contributed by atoms with van der Waals surface area (Å²) in [5, 5.41) is 10.2. The Bertz CT molecular complexity index is 2490. The fraction of sp³-hybridized carbons (Fsp3) is 0.325. The van der Waals surface area contributed by atoms with Crippen LogP contribution in [0, 0.1) is 0 Å². The number of carbonyl (C=O) groups excluding carboxylic acids is 3. The van der Waals surface area contributed by atoms with Gasteiger partial charge in [-0.15, -0.1) is 0 Å². The van der Waals surface area contributed by atoms with Gasteiger partial charge in [-0.1, -0.05) is 12.1 Å². The SMILES string of the molecule is CCOC(=O)c1cn2cc(CC(=O)c3cccc(C(F)(F)F)n3)c(OCC)cc2n1.CCOc1cc2nc(C(C)(C)O)cn2cc1CC(=O)c1cccc(C(F)(F)F)n1. The molecule has 0 aliphatic carbocycles. The second-order valence-electron chi connectivity index (χ2n) is 13.3. The van der Waals surface area contributed by atoms with Gasteiger partial charge in [0.05, 0.1) is 25.5 Å². The number of ether oxygens (including phenoxy) is 3. The van der Waals surface area contributed by atoms with E-state index in [2.05, 4.69) is 19.9 Å². The Kier molecular flexibility index (Phi) is 13.1. The second-order valence-corrected chi connectivity index (χ2v) is 13.3. The van der Waals surface area contributed by atoms with Crippen molar-refractivity contribution in [2.45, 2.75) is 65.4 Å². The first kappa shape index (κ1) is 43.7. The van der Waals surface area contributed by atoms with Crippen molar-refractivity contribution in [2.75, 3.05) is 19.8 Å². The fourth-order valence-electron chi connectivity index (χ4n) is 5.59. The number of hydrogen-bond donors (Lipinski definition) is 1. The van der Waals surface area contributed by atoms with Crippen LogP contribution >= 0.6 is 0 Å². The van der Waals surface area contributed by atoms with E-state index in [1.165, 1.54) is 22.7 Å². The molecular weight excluding hydrogens is 790 g/mol. The van der Waals surface area contributed by atoms with Gasteiger partial charge >= 0.3 is 18.3 Å². The molecule has 0 saturated carbocycles. The zero-order valence-corrected chi connectivity index (χ0v) is 32.3. The molecule has 0 radical (unpaired) electrons. The van der Waals surface area contributed by atoms with Crippen molar-refractivity contribution >= 4 is 28.8 Å². The molecule has 6 aromatic rings. The van der Waals surface area contributed by atoms with E-state index in [0.29, 0.717) is 52.8 Å². The van der Waals surface area contributed by atoms with E-state index < -0.39 is 46.9 Å². The zero-order chi connectivity index (χ0) is 43.3. The standard InChI is InChI=1S/C20H18F3N3O4.C20H20F3N3O3/c1-3-29-16-9-18-25-14(19(28)30-4-2)11-26(18)10-12(16)8-15(27)13-6-5-7-17(24-13)20(21,22)23;1-4-29-15-9-18-25-17(19(2,3)28)11-26(18)10-12(15)8-14(27)13-6-5-7-16(24-13)20(21,22)23/h5-7,9-11H,3-4,8H2,1-2H3;5-7,9-11,28H,4,8H2,1-3H3. The number of aromatic nitrogens is 6. The topological polar surface area (TPSA) is 160 Å². The van der Waals surface area contributed by atoms with E-state index >= 15 is 0 Å². The lowest BCUT2D eigenvalue weighted by atomic mass is 10.1. The maximum atomic E-state index is 12.9. The minimum absolute atomic E-state index is 0.0855. The molecule has 0 aliphatic heterocycles. The molecular formula is C40H38F6N6O7. The van der Waals surface area contributed by atoms with E-state index in [1.54, 1.807) is 69.7 Å². The number of rotatable bonds is 13. The minimum Gasteiger partial charge on any atom is -0.493 e. The van der Waals surface area contributed by atoms with Crippen LogP contribution in [0.1, 0.15) is 94.3 Å². The van der Waals surface area contributed by atoms with Gasteiger partial charge in [0, 0.05) is 60.9 Å². The number of imidazole rings is 2. The van der Waals surface area contributed by atoms with Crippen molar-refractivity contribution in [3.63, 3.8) is 0 Å². The first-order valence-electron chi connectivity index (χ1n) is 18.1. The largest absolute Gasteiger partial charge is 0.493 e. The normalized spacial score (nSPS) is 11.9. The molecule has 1 N–H and O–H groups in total. The molecule has 6 heterocycles. The third kappa shape index (κ3) is 10.8. The Morgan fingerprint density at radius 2 is 1.07 bits per heavy atom. The van der Waals surface area contributed by atoms with Gasteiger partial charge in [0.25, 0.3) is 0 Å². The molecule has 13 nitrogen and oxygen atoms in total. The molecule has 0 bridgehead atoms. The van der Waals surface area contributed by atoms with Gasteiger partial charge < -0.3 is 28.1 Å². The van der Waals surface area contributed by atoms with Crippen LogP contribution < -0.4 is 9.47 Å². The summed E-state index contributed by atoms with van der Waals surface area (Å²) >= 11 is 0. The highest BCUT2D eigenvalue weighted by atomic mass is 19.4. The number of halogens is 6. The Labute approximate surface area is 332 Å². The highest BCUT2D eigenvalue weighted by Crippen LogP contribution is 2.30. The second kappa shape index (κ2) is 17.6. The monoisotopic (exact) mass is 828 g/mol. The van der Waals surface area contributed by atoms with Crippen molar-refractivity contribution in [3.05, 3.63) is 119 Å². The van der Waals surface area contributed by atoms with Crippen molar-refractivity contribution in [3.8, 4) is 11.5 Å². The van der Waals surface area contributed by atoms with Crippen LogP contribution in [0.2, 0.25) is 0 Å². The third-order valence-electron chi connectivity index (χ3n) is 8.33. The summed E-state index contributed by atoms with van der Waals surface area (Å²) in [6.07, 6.45) is -3.49. The molecule has 0 fully saturated rings. The number of nitrogens with zero attached hydrogens (tertiary/aromatic N) is 6. The lowest BCUT2D eigenvalue weighted by Gasteiger charge is -2.12. The van der Waals surface area contributed by atoms with Crippen LogP contribution in [0.25, 0.3) is 11.3 Å². The van der Waals surface area contributed by atoms with Crippen molar-refractivity contribution < 1.29 is 60.0 Å². The average molecular weight is 829 g/mol. The molecule has 0 aliphatic rings. The number of hydrogen-bond acceptors (Lipinski definition) is 11. The predicted molar refractivity (Wildman–Crippen MR) is 198 cm³/mol. The fourth-order valence-corrected chi connectivity index (χ4v) is 5.59. The summed E-state index contributed by atoms with van der Waals surface area (Å²) in [6, 6.07) is 9.56. The molecule has 59 heavy (non-hydrogen) atoms. The maximum Gasteiger partial charge on any atom is 0.433 e. The number of carbonyl (C=O) groups is 3. The van der Waals surface area contributed by atoms with Crippen LogP contribution in [0.4, 0.5) is 26.3 Å². The quantitative estimate of drug-likeness (QED) is 0.0696. The first-order chi connectivity index (χ1) is 27.7. The summed E-state index contributed by atoms with van der Waals surface area (Å²) in [5.41, 5.74) is -1.66. The Morgan fingerprint density at radius 3 is 1.49 bits per heavy atom. The minimum atomic E-state index is -4.65. The van der Waals surface area contributed by atoms with Crippen LogP contribution in [0.3, 0.4) is 0 Å². The molecule has 312 valence electrons. The van der Waals surface area contributed by atoms with Crippen LogP contribution in [-0.2, 0) is 35.5 Å². The summed E-state index contributed by atoms with van der Waals surface area (Å²) in [7, 11) is 0. The molecule has 6 aromatic heterocycles. The lowest BCUT2D eigenvalue weighted by Crippen LogP contribution is -2.15. The lowest BCUT2D eigenvalue weighted by molar-refractivity contribution is -0.142. The molecule has 0 saturated heterocycles. The van der Waals surface area contributed by atoms with Gasteiger partial charge in [-0.3, -0.25) is 9.59 Å². The van der Waals surface area contributed by atoms with Crippen LogP contribution in [0.5, 0.6) is 11.5 Å².